The zero-order valence-corrected chi connectivity index (χ0v) is 69.5. The lowest BCUT2D eigenvalue weighted by Gasteiger charge is -2.30. The molecular formula is C91H84F4N8O16Si2. The molecule has 30 heteroatoms. The highest BCUT2D eigenvalue weighted by Gasteiger charge is 2.49. The van der Waals surface area contributed by atoms with E-state index in [0.717, 1.165) is 57.4 Å². The summed E-state index contributed by atoms with van der Waals surface area (Å²) in [7, 11) is -1.57. The fraction of sp³-hybridized carbons (Fsp3) is 0.231. The van der Waals surface area contributed by atoms with E-state index in [0.29, 0.717) is 66.3 Å². The van der Waals surface area contributed by atoms with Crippen LogP contribution in [0.2, 0.25) is 36.3 Å². The van der Waals surface area contributed by atoms with Crippen LogP contribution >= 0.6 is 0 Å². The summed E-state index contributed by atoms with van der Waals surface area (Å²) in [5.74, 6) is -5.67. The number of benzene rings is 8. The number of carbonyl (C=O) groups is 8. The second kappa shape index (κ2) is 35.8. The average Bonchev–Trinajstić information content (AvgIpc) is 1.60. The zero-order valence-electron chi connectivity index (χ0n) is 67.5. The van der Waals surface area contributed by atoms with E-state index in [1.807, 2.05) is 25.1 Å². The molecule has 0 saturated heterocycles. The first-order valence-corrected chi connectivity index (χ1v) is 44.4. The first-order chi connectivity index (χ1) is 58.3. The van der Waals surface area contributed by atoms with Gasteiger partial charge in [0.25, 0.3) is 63.9 Å². The normalized spacial score (nSPS) is 13.5. The first-order valence-electron chi connectivity index (χ1n) is 39.3. The Kier molecular flexibility index (Phi) is 25.2. The predicted molar refractivity (Wildman–Crippen MR) is 448 cm³/mol. The number of fused-ring (bicyclic) bond motifs is 8. The summed E-state index contributed by atoms with van der Waals surface area (Å²) < 4.78 is 83.1. The number of carbonyl (C=O) groups excluding carboxylic acids is 8. The summed E-state index contributed by atoms with van der Waals surface area (Å²) in [6, 6.07) is 41.1. The third-order valence-electron chi connectivity index (χ3n) is 22.3. The molecule has 4 aliphatic rings. The molecule has 0 bridgehead atoms. The molecule has 3 N–H and O–H groups in total. The van der Waals surface area contributed by atoms with E-state index in [1.54, 1.807) is 67.0 Å². The lowest BCUT2D eigenvalue weighted by molar-refractivity contribution is 0.0625. The van der Waals surface area contributed by atoms with Crippen molar-refractivity contribution in [3.8, 4) is 46.0 Å². The SMILES string of the molecule is CC/C=C/COc1c2c(c(O)c3ncccc13)C(=O)N(Cc1ccc(F)cc1)C2=O.CC[Si](CC)(CC)Oc1c2c(c(O)c3cccnc13)C(=O)N(Cc1ccc(F)cc1)C2=O.CC[Si](CC)(CC)Oc1c2c(c(OC)c3cccnc13)C(=O)N(Cc1ccc(F)cc1)C2=O.COc1c2c(c(O)c3ncccc13)C(=O)N(Cc1ccc(F)cc1)C2=O. The second-order valence-corrected chi connectivity index (χ2v) is 38.3. The van der Waals surface area contributed by atoms with E-state index in [2.05, 4.69) is 61.5 Å². The van der Waals surface area contributed by atoms with Crippen LogP contribution in [0.1, 0.15) is 160 Å². The number of nitrogens with zero attached hydrogens (tertiary/aromatic N) is 8. The number of amides is 8. The van der Waals surface area contributed by atoms with E-state index in [1.165, 1.54) is 116 Å². The standard InChI is InChI=1S/C25H27FN2O4Si.C24H25FN2O4Si.C23H19FN2O4.C19H13FN2O4/c1-5-33(6-2,7-3)32-23-20-19(22(31-4)18-9-8-14-27-21(18)23)24(29)28(25(20)30)15-16-10-12-17(26)13-11-16;1-4-32(5-2,6-3)31-22-19-18(21(28)17-8-7-13-26-20(17)22)23(29)27(24(19)30)14-15-9-11-16(25)12-10-15;1-2-3-4-12-30-21-16-6-5-11-25-19(16)20(27)17-18(21)23(29)26(22(17)28)13-14-7-9-15(24)10-8-14;1-26-17-12-3-2-8-21-15(12)16(23)13-14(17)19(25)22(18(13)24)9-10-4-6-11(20)7-5-10/h8-14H,5-7,15H2,1-4H3;7-13,28H,4-6,14H2,1-3H3;3-11,27H,2,12-13H2,1H3;2-8,23H,9H2,1H3/b;;4-3+;. The molecule has 8 amide bonds. The van der Waals surface area contributed by atoms with Crippen molar-refractivity contribution in [2.24, 2.45) is 0 Å². The highest BCUT2D eigenvalue weighted by molar-refractivity contribution is 6.75. The number of hydrogen-bond acceptors (Lipinski definition) is 20. The number of phenols is 3. The van der Waals surface area contributed by atoms with Crippen LogP contribution in [0.3, 0.4) is 0 Å². The van der Waals surface area contributed by atoms with Gasteiger partial charge < -0.3 is 38.4 Å². The van der Waals surface area contributed by atoms with Crippen LogP contribution in [-0.2, 0) is 26.2 Å². The molecule has 0 radical (unpaired) electrons. The number of hydrogen-bond donors (Lipinski definition) is 3. The van der Waals surface area contributed by atoms with Crippen LogP contribution in [0.25, 0.3) is 43.6 Å². The summed E-state index contributed by atoms with van der Waals surface area (Å²) >= 11 is 0. The number of methoxy groups -OCH3 is 2. The monoisotopic (exact) mass is 1680 g/mol. The Labute approximate surface area is 694 Å². The molecule has 121 heavy (non-hydrogen) atoms. The van der Waals surface area contributed by atoms with Gasteiger partial charge in [0.2, 0.25) is 0 Å². The Morgan fingerprint density at radius 2 is 0.579 bits per heavy atom. The van der Waals surface area contributed by atoms with E-state index in [4.69, 9.17) is 23.1 Å². The summed E-state index contributed by atoms with van der Waals surface area (Å²) in [6.45, 7) is 14.6. The van der Waals surface area contributed by atoms with Crippen LogP contribution in [0.5, 0.6) is 46.0 Å². The van der Waals surface area contributed by atoms with Crippen LogP contribution in [0.15, 0.2) is 183 Å². The van der Waals surface area contributed by atoms with E-state index < -0.39 is 81.3 Å². The number of imide groups is 4. The third kappa shape index (κ3) is 16.0. The minimum atomic E-state index is -2.24. The fourth-order valence-electron chi connectivity index (χ4n) is 15.3. The smallest absolute Gasteiger partial charge is 0.265 e. The highest BCUT2D eigenvalue weighted by atomic mass is 28.4. The molecule has 0 aliphatic carbocycles. The van der Waals surface area contributed by atoms with Crippen molar-refractivity contribution in [3.63, 3.8) is 0 Å². The Hall–Kier alpha value is -13.7. The van der Waals surface area contributed by atoms with Crippen molar-refractivity contribution < 1.29 is 94.3 Å². The molecule has 0 saturated carbocycles. The van der Waals surface area contributed by atoms with Gasteiger partial charge in [-0.15, -0.1) is 0 Å². The molecule has 24 nitrogen and oxygen atoms in total. The summed E-state index contributed by atoms with van der Waals surface area (Å²) in [5, 5.41) is 34.1. The number of aromatic hydroxyl groups is 3. The lowest BCUT2D eigenvalue weighted by Crippen LogP contribution is -2.40. The van der Waals surface area contributed by atoms with Crippen molar-refractivity contribution in [1.29, 1.82) is 0 Å². The summed E-state index contributed by atoms with van der Waals surface area (Å²) in [6.07, 6.45) is 10.8. The zero-order chi connectivity index (χ0) is 86.5. The quantitative estimate of drug-likeness (QED) is 0.0219. The van der Waals surface area contributed by atoms with Gasteiger partial charge in [-0.05, 0) is 162 Å². The van der Waals surface area contributed by atoms with Gasteiger partial charge >= 0.3 is 0 Å². The molecule has 12 aromatic rings. The summed E-state index contributed by atoms with van der Waals surface area (Å²) in [4.78, 5) is 127. The topological polar surface area (TPSA) is 308 Å². The molecule has 0 unspecified atom stereocenters. The van der Waals surface area contributed by atoms with E-state index >= 15 is 0 Å². The number of phenolic OH excluding ortho intramolecular Hbond substituents is 3. The minimum absolute atomic E-state index is 0.0117. The predicted octanol–water partition coefficient (Wildman–Crippen LogP) is 17.9. The van der Waals surface area contributed by atoms with Gasteiger partial charge in [0, 0.05) is 46.3 Å². The average molecular weight is 1680 g/mol. The van der Waals surface area contributed by atoms with Crippen molar-refractivity contribution in [2.75, 3.05) is 20.8 Å². The van der Waals surface area contributed by atoms with Gasteiger partial charge in [0.05, 0.1) is 73.8 Å². The van der Waals surface area contributed by atoms with Crippen LogP contribution in [0.4, 0.5) is 17.6 Å². The van der Waals surface area contributed by atoms with Crippen LogP contribution in [0, 0.1) is 23.3 Å². The molecule has 0 fully saturated rings. The van der Waals surface area contributed by atoms with Crippen molar-refractivity contribution >= 4 is 108 Å². The number of pyridine rings is 4. The summed E-state index contributed by atoms with van der Waals surface area (Å²) in [5.41, 5.74) is 3.89. The third-order valence-corrected chi connectivity index (χ3v) is 31.3. The molecule has 4 aromatic heterocycles. The van der Waals surface area contributed by atoms with Gasteiger partial charge in [-0.1, -0.05) is 109 Å². The number of ether oxygens (including phenoxy) is 3. The maximum absolute atomic E-state index is 13.6. The lowest BCUT2D eigenvalue weighted by atomic mass is 10.0. The molecule has 8 aromatic carbocycles. The fourth-order valence-corrected chi connectivity index (χ4v) is 20.4. The second-order valence-electron chi connectivity index (χ2n) is 28.9. The Balaban J connectivity index is 0.000000140. The molecule has 4 aliphatic heterocycles. The van der Waals surface area contributed by atoms with Gasteiger partial charge in [0.1, 0.15) is 97.6 Å². The van der Waals surface area contributed by atoms with Gasteiger partial charge in [-0.2, -0.15) is 0 Å². The molecular weight excluding hydrogens is 1590 g/mol. The number of aromatic nitrogens is 4. The van der Waals surface area contributed by atoms with Crippen molar-refractivity contribution in [3.05, 3.63) is 273 Å². The molecule has 0 spiro atoms. The molecule has 16 rings (SSSR count). The Bertz CT molecular complexity index is 6140. The van der Waals surface area contributed by atoms with E-state index in [9.17, 15) is 71.2 Å². The van der Waals surface area contributed by atoms with Crippen LogP contribution in [-0.4, -0.2) is 140 Å². The van der Waals surface area contributed by atoms with Crippen molar-refractivity contribution in [1.82, 2.24) is 39.5 Å². The molecule has 0 atom stereocenters. The largest absolute Gasteiger partial charge is 0.541 e. The van der Waals surface area contributed by atoms with Gasteiger partial charge in [-0.3, -0.25) is 77.9 Å². The maximum Gasteiger partial charge on any atom is 0.265 e. The van der Waals surface area contributed by atoms with Gasteiger partial charge in [-0.25, -0.2) is 17.6 Å². The number of rotatable bonds is 24. The molecule has 8 heterocycles. The Morgan fingerprint density at radius 1 is 0.322 bits per heavy atom. The highest BCUT2D eigenvalue weighted by Crippen LogP contribution is 2.50. The van der Waals surface area contributed by atoms with Crippen molar-refractivity contribution in [2.45, 2.75) is 117 Å². The maximum atomic E-state index is 13.6. The first kappa shape index (κ1) is 85.1. The Morgan fingerprint density at radius 3 is 0.901 bits per heavy atom. The van der Waals surface area contributed by atoms with E-state index in [-0.39, 0.29) is 129 Å². The number of halogens is 4. The van der Waals surface area contributed by atoms with Crippen LogP contribution < -0.4 is 23.1 Å². The molecule has 620 valence electrons. The van der Waals surface area contributed by atoms with Gasteiger partial charge in [0.15, 0.2) is 11.5 Å². The number of allylic oxidation sites excluding steroid dienone is 1. The minimum Gasteiger partial charge on any atom is -0.541 e.